The molecular formula is C25H34O9. The maximum absolute atomic E-state index is 13.8. The lowest BCUT2D eigenvalue weighted by Gasteiger charge is -2.69. The lowest BCUT2D eigenvalue weighted by Crippen LogP contribution is -2.81. The third-order valence-corrected chi connectivity index (χ3v) is 10.1. The minimum absolute atomic E-state index is 0.0502. The van der Waals surface area contributed by atoms with E-state index >= 15 is 0 Å². The Kier molecular flexibility index (Phi) is 4.79. The fourth-order valence-corrected chi connectivity index (χ4v) is 9.55. The smallest absolute Gasteiger partial charge is 0.318 e. The van der Waals surface area contributed by atoms with Gasteiger partial charge in [0.25, 0.3) is 0 Å². The SMILES string of the molecule is CCCCC1C2CCOC34OC(=O)C56CC(OCC)OC53C1C(C(=O)OC)(C6)C(C(=O)OC)C24. The van der Waals surface area contributed by atoms with Crippen LogP contribution in [0.1, 0.15) is 52.4 Å². The monoisotopic (exact) mass is 478 g/mol. The third kappa shape index (κ3) is 2.10. The second kappa shape index (κ2) is 7.17. The summed E-state index contributed by atoms with van der Waals surface area (Å²) in [5.41, 5.74) is -3.57. The van der Waals surface area contributed by atoms with Crippen molar-refractivity contribution in [3.05, 3.63) is 0 Å². The van der Waals surface area contributed by atoms with Crippen LogP contribution in [0.4, 0.5) is 0 Å². The molecule has 3 heterocycles. The number of hydrogen-bond acceptors (Lipinski definition) is 9. The second-order valence-electron chi connectivity index (χ2n) is 10.9. The predicted molar refractivity (Wildman–Crippen MR) is 114 cm³/mol. The number of carbonyl (C=O) groups is 3. The van der Waals surface area contributed by atoms with Gasteiger partial charge in [-0.15, -0.1) is 0 Å². The maximum Gasteiger partial charge on any atom is 0.318 e. The molecule has 0 radical (unpaired) electrons. The van der Waals surface area contributed by atoms with E-state index in [-0.39, 0.29) is 24.7 Å². The first kappa shape index (κ1) is 22.7. The van der Waals surface area contributed by atoms with Gasteiger partial charge >= 0.3 is 17.9 Å². The standard InChI is InChI=1S/C25H34O9/c1-5-7-8-14-13-9-10-32-25-16(13)17(19(26)29-3)23(21(28)30-4)12-22(20(27)34-25)11-15(31-6-2)33-24(22,25)18(14)23/h13-18H,5-12H2,1-4H3. The number of esters is 3. The molecule has 7 fully saturated rings. The number of ether oxygens (including phenoxy) is 6. The normalized spacial score (nSPS) is 51.2. The number of carbonyl (C=O) groups excluding carboxylic acids is 3. The number of rotatable bonds is 7. The predicted octanol–water partition coefficient (Wildman–Crippen LogP) is 2.20. The summed E-state index contributed by atoms with van der Waals surface area (Å²) in [5, 5.41) is 0. The van der Waals surface area contributed by atoms with Crippen molar-refractivity contribution in [1.29, 1.82) is 0 Å². The van der Waals surface area contributed by atoms with Gasteiger partial charge in [-0.2, -0.15) is 0 Å². The van der Waals surface area contributed by atoms with Crippen LogP contribution in [0, 0.1) is 40.4 Å². The molecule has 2 spiro atoms. The lowest BCUT2D eigenvalue weighted by molar-refractivity contribution is -0.422. The van der Waals surface area contributed by atoms with Crippen molar-refractivity contribution < 1.29 is 42.8 Å². The van der Waals surface area contributed by atoms with Crippen molar-refractivity contribution in [1.82, 2.24) is 0 Å². The summed E-state index contributed by atoms with van der Waals surface area (Å²) in [6, 6.07) is 0. The topological polar surface area (TPSA) is 107 Å². The van der Waals surface area contributed by atoms with Gasteiger partial charge < -0.3 is 28.4 Å². The molecule has 34 heavy (non-hydrogen) atoms. The van der Waals surface area contributed by atoms with E-state index in [4.69, 9.17) is 28.4 Å². The summed E-state index contributed by atoms with van der Waals surface area (Å²) in [4.78, 5) is 41.1. The van der Waals surface area contributed by atoms with Crippen LogP contribution in [-0.2, 0) is 42.8 Å². The molecule has 188 valence electrons. The Bertz CT molecular complexity index is 935. The molecule has 3 aliphatic heterocycles. The van der Waals surface area contributed by atoms with Crippen molar-refractivity contribution in [3.63, 3.8) is 0 Å². The van der Waals surface area contributed by atoms with E-state index < -0.39 is 64.2 Å². The summed E-state index contributed by atoms with van der Waals surface area (Å²) in [7, 11) is 2.69. The van der Waals surface area contributed by atoms with Gasteiger partial charge in [-0.1, -0.05) is 19.8 Å². The van der Waals surface area contributed by atoms with E-state index in [1.54, 1.807) is 0 Å². The van der Waals surface area contributed by atoms with Gasteiger partial charge in [0.05, 0.1) is 32.2 Å². The highest BCUT2D eigenvalue weighted by Crippen LogP contribution is 2.87. The molecule has 6 bridgehead atoms. The van der Waals surface area contributed by atoms with Gasteiger partial charge in [0.15, 0.2) is 11.9 Å². The van der Waals surface area contributed by atoms with Crippen LogP contribution < -0.4 is 0 Å². The molecule has 0 amide bonds. The van der Waals surface area contributed by atoms with Gasteiger partial charge in [-0.05, 0) is 38.0 Å². The van der Waals surface area contributed by atoms with Gasteiger partial charge in [-0.3, -0.25) is 14.4 Å². The van der Waals surface area contributed by atoms with Crippen molar-refractivity contribution in [2.24, 2.45) is 40.4 Å². The zero-order valence-corrected chi connectivity index (χ0v) is 20.3. The molecule has 7 rings (SSSR count). The average molecular weight is 479 g/mol. The van der Waals surface area contributed by atoms with E-state index in [1.165, 1.54) is 14.2 Å². The molecule has 4 saturated carbocycles. The van der Waals surface area contributed by atoms with Crippen LogP contribution >= 0.6 is 0 Å². The molecule has 10 atom stereocenters. The molecule has 4 aliphatic carbocycles. The van der Waals surface area contributed by atoms with Gasteiger partial charge in [-0.25, -0.2) is 0 Å². The molecule has 3 saturated heterocycles. The zero-order chi connectivity index (χ0) is 24.1. The van der Waals surface area contributed by atoms with Crippen LogP contribution in [0.15, 0.2) is 0 Å². The highest BCUT2D eigenvalue weighted by Gasteiger charge is 3.00. The number of unbranched alkanes of at least 4 members (excludes halogenated alkanes) is 1. The Morgan fingerprint density at radius 2 is 1.97 bits per heavy atom. The first-order chi connectivity index (χ1) is 16.3. The molecule has 0 N–H and O–H groups in total. The Morgan fingerprint density at radius 3 is 2.65 bits per heavy atom. The van der Waals surface area contributed by atoms with Gasteiger partial charge in [0.2, 0.25) is 5.79 Å². The summed E-state index contributed by atoms with van der Waals surface area (Å²) >= 11 is 0. The van der Waals surface area contributed by atoms with Crippen molar-refractivity contribution in [2.45, 2.75) is 70.1 Å². The quantitative estimate of drug-likeness (QED) is 0.402. The third-order valence-electron chi connectivity index (χ3n) is 10.1. The first-order valence-electron chi connectivity index (χ1n) is 12.7. The molecule has 9 nitrogen and oxygen atoms in total. The summed E-state index contributed by atoms with van der Waals surface area (Å²) in [5.74, 6) is -4.51. The van der Waals surface area contributed by atoms with E-state index in [9.17, 15) is 14.4 Å². The van der Waals surface area contributed by atoms with E-state index in [0.29, 0.717) is 13.2 Å². The Hall–Kier alpha value is -1.71. The molecular weight excluding hydrogens is 444 g/mol. The molecule has 9 heteroatoms. The minimum atomic E-state index is -1.43. The highest BCUT2D eigenvalue weighted by atomic mass is 16.8. The Balaban J connectivity index is 1.65. The highest BCUT2D eigenvalue weighted by molar-refractivity contribution is 5.94. The minimum Gasteiger partial charge on any atom is -0.469 e. The number of methoxy groups -OCH3 is 2. The van der Waals surface area contributed by atoms with Gasteiger partial charge in [0.1, 0.15) is 5.41 Å². The average Bonchev–Trinajstić information content (AvgIpc) is 3.33. The van der Waals surface area contributed by atoms with Gasteiger partial charge in [0, 0.05) is 24.9 Å². The Labute approximate surface area is 199 Å². The Morgan fingerprint density at radius 1 is 1.18 bits per heavy atom. The molecule has 10 unspecified atom stereocenters. The summed E-state index contributed by atoms with van der Waals surface area (Å²) in [6.45, 7) is 4.87. The van der Waals surface area contributed by atoms with Crippen molar-refractivity contribution in [3.8, 4) is 0 Å². The lowest BCUT2D eigenvalue weighted by atomic mass is 9.39. The van der Waals surface area contributed by atoms with Crippen LogP contribution in [0.3, 0.4) is 0 Å². The zero-order valence-electron chi connectivity index (χ0n) is 20.3. The van der Waals surface area contributed by atoms with Crippen LogP contribution in [0.2, 0.25) is 0 Å². The second-order valence-corrected chi connectivity index (χ2v) is 10.9. The molecule has 0 aromatic heterocycles. The fourth-order valence-electron chi connectivity index (χ4n) is 9.55. The van der Waals surface area contributed by atoms with Crippen LogP contribution in [0.5, 0.6) is 0 Å². The van der Waals surface area contributed by atoms with Crippen LogP contribution in [0.25, 0.3) is 0 Å². The van der Waals surface area contributed by atoms with E-state index in [0.717, 1.165) is 25.7 Å². The first-order valence-corrected chi connectivity index (χ1v) is 12.7. The largest absolute Gasteiger partial charge is 0.469 e. The maximum atomic E-state index is 13.8. The fraction of sp³-hybridized carbons (Fsp3) is 0.880. The molecule has 7 aliphatic rings. The van der Waals surface area contributed by atoms with E-state index in [2.05, 4.69) is 6.92 Å². The summed E-state index contributed by atoms with van der Waals surface area (Å²) < 4.78 is 36.0. The van der Waals surface area contributed by atoms with Crippen molar-refractivity contribution in [2.75, 3.05) is 27.4 Å². The van der Waals surface area contributed by atoms with Crippen LogP contribution in [-0.4, -0.2) is 63.0 Å². The van der Waals surface area contributed by atoms with E-state index in [1.807, 2.05) is 6.92 Å². The number of hydrogen-bond donors (Lipinski definition) is 0. The molecule has 0 aromatic rings. The van der Waals surface area contributed by atoms with Crippen molar-refractivity contribution >= 4 is 17.9 Å². The molecule has 0 aromatic carbocycles. The summed E-state index contributed by atoms with van der Waals surface area (Å²) in [6.07, 6.45) is 3.38.